The van der Waals surface area contributed by atoms with E-state index in [-0.39, 0.29) is 23.7 Å². The molecule has 0 aromatic heterocycles. The van der Waals surface area contributed by atoms with Crippen molar-refractivity contribution in [2.24, 2.45) is 5.41 Å². The average Bonchev–Trinajstić information content (AvgIpc) is 2.46. The molecule has 1 saturated heterocycles. The second-order valence-electron chi connectivity index (χ2n) is 6.24. The number of hydrogen-bond acceptors (Lipinski definition) is 3. The maximum Gasteiger partial charge on any atom is 0.255 e. The molecule has 124 valence electrons. The summed E-state index contributed by atoms with van der Waals surface area (Å²) >= 11 is 0. The molecule has 0 radical (unpaired) electrons. The summed E-state index contributed by atoms with van der Waals surface area (Å²) in [6.07, 6.45) is 2.39. The predicted octanol–water partition coefficient (Wildman–Crippen LogP) is 3.02. The van der Waals surface area contributed by atoms with Crippen molar-refractivity contribution >= 4 is 18.3 Å². The molecule has 1 atom stereocenters. The quantitative estimate of drug-likeness (QED) is 0.874. The summed E-state index contributed by atoms with van der Waals surface area (Å²) in [7, 11) is 0. The molecule has 0 aliphatic carbocycles. The predicted molar refractivity (Wildman–Crippen MR) is 92.0 cm³/mol. The molecule has 1 amide bonds. The van der Waals surface area contributed by atoms with Crippen LogP contribution in [0.1, 0.15) is 44.0 Å². The molecule has 2 rings (SSSR count). The topological polar surface area (TPSA) is 50.4 Å². The van der Waals surface area contributed by atoms with E-state index in [2.05, 4.69) is 24.5 Å². The number of benzene rings is 1. The first kappa shape index (κ1) is 18.8. The van der Waals surface area contributed by atoms with Crippen molar-refractivity contribution in [3.8, 4) is 5.75 Å². The van der Waals surface area contributed by atoms with E-state index >= 15 is 0 Å². The summed E-state index contributed by atoms with van der Waals surface area (Å²) < 4.78 is 5.51. The van der Waals surface area contributed by atoms with Crippen LogP contribution >= 0.6 is 12.4 Å². The highest BCUT2D eigenvalue weighted by atomic mass is 35.5. The van der Waals surface area contributed by atoms with Crippen molar-refractivity contribution in [3.05, 3.63) is 29.8 Å². The number of piperidine rings is 1. The van der Waals surface area contributed by atoms with Gasteiger partial charge in [0.25, 0.3) is 5.91 Å². The van der Waals surface area contributed by atoms with E-state index in [1.807, 2.05) is 25.1 Å². The zero-order chi connectivity index (χ0) is 15.3. The second-order valence-corrected chi connectivity index (χ2v) is 6.24. The first-order valence-electron chi connectivity index (χ1n) is 7.78. The van der Waals surface area contributed by atoms with Crippen LogP contribution in [-0.2, 0) is 0 Å². The summed E-state index contributed by atoms with van der Waals surface area (Å²) in [5, 5.41) is 6.55. The lowest BCUT2D eigenvalue weighted by Gasteiger charge is -2.39. The third-order valence-corrected chi connectivity index (χ3v) is 4.23. The van der Waals surface area contributed by atoms with Crippen LogP contribution in [0.5, 0.6) is 5.75 Å². The highest BCUT2D eigenvalue weighted by Crippen LogP contribution is 2.29. The third-order valence-electron chi connectivity index (χ3n) is 4.23. The van der Waals surface area contributed by atoms with Crippen molar-refractivity contribution in [2.75, 3.05) is 19.7 Å². The minimum Gasteiger partial charge on any atom is -0.493 e. The molecular formula is C17H27ClN2O2. The summed E-state index contributed by atoms with van der Waals surface area (Å²) in [4.78, 5) is 12.4. The highest BCUT2D eigenvalue weighted by Gasteiger charge is 2.32. The number of ether oxygens (including phenoxy) is 1. The van der Waals surface area contributed by atoms with Crippen LogP contribution in [0.4, 0.5) is 0 Å². The lowest BCUT2D eigenvalue weighted by Crippen LogP contribution is -2.52. The highest BCUT2D eigenvalue weighted by molar-refractivity contribution is 5.96. The molecule has 1 aromatic rings. The summed E-state index contributed by atoms with van der Waals surface area (Å²) in [6, 6.07) is 7.70. The van der Waals surface area contributed by atoms with Gasteiger partial charge in [-0.05, 0) is 43.9 Å². The smallest absolute Gasteiger partial charge is 0.255 e. The Morgan fingerprint density at radius 2 is 2.14 bits per heavy atom. The minimum absolute atomic E-state index is 0. The van der Waals surface area contributed by atoms with Gasteiger partial charge in [0.05, 0.1) is 12.2 Å². The summed E-state index contributed by atoms with van der Waals surface area (Å²) in [6.45, 7) is 8.66. The van der Waals surface area contributed by atoms with Crippen molar-refractivity contribution in [2.45, 2.75) is 39.7 Å². The molecule has 1 fully saturated rings. The number of nitrogens with one attached hydrogen (secondary N) is 2. The van der Waals surface area contributed by atoms with E-state index < -0.39 is 0 Å². The van der Waals surface area contributed by atoms with Gasteiger partial charge < -0.3 is 15.4 Å². The number of hydrogen-bond donors (Lipinski definition) is 2. The van der Waals surface area contributed by atoms with Gasteiger partial charge in [0.2, 0.25) is 0 Å². The first-order chi connectivity index (χ1) is 10.0. The molecule has 5 heteroatoms. The van der Waals surface area contributed by atoms with Gasteiger partial charge in [-0.3, -0.25) is 4.79 Å². The van der Waals surface area contributed by atoms with Crippen molar-refractivity contribution in [1.82, 2.24) is 10.6 Å². The Balaban J connectivity index is 0.00000242. The summed E-state index contributed by atoms with van der Waals surface area (Å²) in [5.41, 5.74) is 0.818. The van der Waals surface area contributed by atoms with E-state index in [1.54, 1.807) is 6.07 Å². The number of amides is 1. The van der Waals surface area contributed by atoms with Crippen molar-refractivity contribution in [3.63, 3.8) is 0 Å². The summed E-state index contributed by atoms with van der Waals surface area (Å²) in [5.74, 6) is 0.579. The average molecular weight is 327 g/mol. The maximum atomic E-state index is 12.4. The zero-order valence-electron chi connectivity index (χ0n) is 13.6. The fraction of sp³-hybridized carbons (Fsp3) is 0.588. The normalized spacial score (nSPS) is 19.9. The van der Waals surface area contributed by atoms with Crippen molar-refractivity contribution < 1.29 is 9.53 Å². The van der Waals surface area contributed by atoms with Gasteiger partial charge in [-0.15, -0.1) is 12.4 Å². The number of para-hydroxylation sites is 1. The van der Waals surface area contributed by atoms with Gasteiger partial charge in [-0.25, -0.2) is 0 Å². The molecule has 0 spiro atoms. The Labute approximate surface area is 139 Å². The SMILES string of the molecule is CCOc1ccccc1C(=O)NCC1NCCCC1(C)C.Cl. The van der Waals surface area contributed by atoms with E-state index in [9.17, 15) is 4.79 Å². The lowest BCUT2D eigenvalue weighted by atomic mass is 9.77. The molecule has 4 nitrogen and oxygen atoms in total. The number of carbonyl (C=O) groups excluding carboxylic acids is 1. The Morgan fingerprint density at radius 1 is 1.41 bits per heavy atom. The molecule has 2 N–H and O–H groups in total. The monoisotopic (exact) mass is 326 g/mol. The molecule has 0 bridgehead atoms. The largest absolute Gasteiger partial charge is 0.493 e. The fourth-order valence-electron chi connectivity index (χ4n) is 2.84. The van der Waals surface area contributed by atoms with Gasteiger partial charge in [-0.1, -0.05) is 26.0 Å². The molecule has 1 aliphatic heterocycles. The van der Waals surface area contributed by atoms with Crippen molar-refractivity contribution in [1.29, 1.82) is 0 Å². The number of rotatable bonds is 5. The molecule has 1 heterocycles. The van der Waals surface area contributed by atoms with Crippen LogP contribution in [0.2, 0.25) is 0 Å². The van der Waals surface area contributed by atoms with E-state index in [4.69, 9.17) is 4.74 Å². The molecular weight excluding hydrogens is 300 g/mol. The Hall–Kier alpha value is -1.26. The van der Waals surface area contributed by atoms with Gasteiger partial charge in [-0.2, -0.15) is 0 Å². The molecule has 22 heavy (non-hydrogen) atoms. The Bertz CT molecular complexity index is 491. The van der Waals surface area contributed by atoms with Gasteiger partial charge in [0, 0.05) is 12.6 Å². The van der Waals surface area contributed by atoms with Crippen LogP contribution in [0.15, 0.2) is 24.3 Å². The van der Waals surface area contributed by atoms with Crippen LogP contribution in [-0.4, -0.2) is 31.6 Å². The number of carbonyl (C=O) groups is 1. The Morgan fingerprint density at radius 3 is 2.82 bits per heavy atom. The van der Waals surface area contributed by atoms with E-state index in [0.717, 1.165) is 6.54 Å². The van der Waals surface area contributed by atoms with E-state index in [0.29, 0.717) is 30.5 Å². The van der Waals surface area contributed by atoms with Gasteiger partial charge >= 0.3 is 0 Å². The fourth-order valence-corrected chi connectivity index (χ4v) is 2.84. The third kappa shape index (κ3) is 4.62. The molecule has 1 aliphatic rings. The van der Waals surface area contributed by atoms with Crippen LogP contribution in [0, 0.1) is 5.41 Å². The minimum atomic E-state index is -0.0674. The molecule has 1 unspecified atom stereocenters. The molecule has 1 aromatic carbocycles. The van der Waals surface area contributed by atoms with E-state index in [1.165, 1.54) is 12.8 Å². The lowest BCUT2D eigenvalue weighted by molar-refractivity contribution is 0.0925. The second kappa shape index (κ2) is 8.39. The van der Waals surface area contributed by atoms with Crippen LogP contribution < -0.4 is 15.4 Å². The number of halogens is 1. The van der Waals surface area contributed by atoms with Crippen LogP contribution in [0.25, 0.3) is 0 Å². The van der Waals surface area contributed by atoms with Gasteiger partial charge in [0.15, 0.2) is 0 Å². The van der Waals surface area contributed by atoms with Gasteiger partial charge in [0.1, 0.15) is 5.75 Å². The first-order valence-corrected chi connectivity index (χ1v) is 7.78. The Kier molecular flexibility index (Phi) is 7.17. The standard InChI is InChI=1S/C17H26N2O2.ClH/c1-4-21-14-9-6-5-8-13(14)16(20)19-12-15-17(2,3)10-7-11-18-15;/h5-6,8-9,15,18H,4,7,10-12H2,1-3H3,(H,19,20);1H. The maximum absolute atomic E-state index is 12.4. The zero-order valence-corrected chi connectivity index (χ0v) is 14.5. The molecule has 0 saturated carbocycles. The van der Waals surface area contributed by atoms with Crippen LogP contribution in [0.3, 0.4) is 0 Å².